The standard InChI is InChI=1S/C12H16N2O3S/c1-12(16-5-3-6-17-12)8-11(15)14-13-9-10-4-2-7-18-10/h2,4,7,9H,3,5-6,8H2,1H3,(H,14,15). The number of hydrogen-bond acceptors (Lipinski definition) is 5. The molecule has 1 aliphatic rings. The predicted octanol–water partition coefficient (Wildman–Crippen LogP) is 1.74. The van der Waals surface area contributed by atoms with Gasteiger partial charge in [-0.05, 0) is 24.8 Å². The summed E-state index contributed by atoms with van der Waals surface area (Å²) in [5.74, 6) is -1.03. The van der Waals surface area contributed by atoms with Crippen LogP contribution in [0.3, 0.4) is 0 Å². The predicted molar refractivity (Wildman–Crippen MR) is 69.6 cm³/mol. The highest BCUT2D eigenvalue weighted by atomic mass is 32.1. The lowest BCUT2D eigenvalue weighted by molar-refractivity contribution is -0.256. The van der Waals surface area contributed by atoms with Crippen molar-refractivity contribution in [1.82, 2.24) is 5.43 Å². The molecule has 98 valence electrons. The maximum atomic E-state index is 11.7. The number of nitrogens with zero attached hydrogens (tertiary/aromatic N) is 1. The molecule has 0 atom stereocenters. The van der Waals surface area contributed by atoms with Crippen LogP contribution in [0.25, 0.3) is 0 Å². The molecular formula is C12H16N2O3S. The summed E-state index contributed by atoms with van der Waals surface area (Å²) < 4.78 is 10.9. The maximum absolute atomic E-state index is 11.7. The van der Waals surface area contributed by atoms with E-state index in [2.05, 4.69) is 10.5 Å². The van der Waals surface area contributed by atoms with E-state index in [9.17, 15) is 4.79 Å². The number of hydrazone groups is 1. The van der Waals surface area contributed by atoms with Crippen LogP contribution in [-0.4, -0.2) is 31.1 Å². The van der Waals surface area contributed by atoms with E-state index in [1.54, 1.807) is 24.5 Å². The quantitative estimate of drug-likeness (QED) is 0.668. The first-order valence-corrected chi connectivity index (χ1v) is 6.69. The molecule has 0 aromatic carbocycles. The number of carbonyl (C=O) groups is 1. The topological polar surface area (TPSA) is 59.9 Å². The maximum Gasteiger partial charge on any atom is 0.245 e. The minimum absolute atomic E-state index is 0.148. The van der Waals surface area contributed by atoms with Crippen molar-refractivity contribution in [3.63, 3.8) is 0 Å². The van der Waals surface area contributed by atoms with E-state index in [-0.39, 0.29) is 12.3 Å². The number of ether oxygens (including phenoxy) is 2. The zero-order valence-electron chi connectivity index (χ0n) is 10.2. The van der Waals surface area contributed by atoms with Crippen LogP contribution in [0.5, 0.6) is 0 Å². The molecule has 1 saturated heterocycles. The first-order chi connectivity index (χ1) is 8.68. The molecule has 1 fully saturated rings. The summed E-state index contributed by atoms with van der Waals surface area (Å²) in [6.07, 6.45) is 2.63. The van der Waals surface area contributed by atoms with Crippen LogP contribution in [0, 0.1) is 0 Å². The van der Waals surface area contributed by atoms with E-state index in [0.717, 1.165) is 11.3 Å². The Balaban J connectivity index is 1.78. The summed E-state index contributed by atoms with van der Waals surface area (Å²) >= 11 is 1.56. The van der Waals surface area contributed by atoms with Gasteiger partial charge in [0, 0.05) is 4.88 Å². The number of nitrogens with one attached hydrogen (secondary N) is 1. The van der Waals surface area contributed by atoms with Crippen molar-refractivity contribution < 1.29 is 14.3 Å². The molecule has 0 radical (unpaired) electrons. The lowest BCUT2D eigenvalue weighted by Crippen LogP contribution is -2.41. The Hall–Kier alpha value is -1.24. The van der Waals surface area contributed by atoms with Crippen molar-refractivity contribution in [3.8, 4) is 0 Å². The Bertz CT molecular complexity index is 411. The highest BCUT2D eigenvalue weighted by Gasteiger charge is 2.31. The molecule has 0 aliphatic carbocycles. The summed E-state index contributed by atoms with van der Waals surface area (Å²) in [6, 6.07) is 3.85. The Morgan fingerprint density at radius 3 is 3.06 bits per heavy atom. The molecule has 1 N–H and O–H groups in total. The fraction of sp³-hybridized carbons (Fsp3) is 0.500. The molecule has 1 aliphatic heterocycles. The molecule has 1 aromatic heterocycles. The summed E-state index contributed by atoms with van der Waals surface area (Å²) in [5.41, 5.74) is 2.47. The van der Waals surface area contributed by atoms with Crippen LogP contribution >= 0.6 is 11.3 Å². The summed E-state index contributed by atoms with van der Waals surface area (Å²) in [7, 11) is 0. The fourth-order valence-corrected chi connectivity index (χ4v) is 2.23. The second-order valence-electron chi connectivity index (χ2n) is 4.17. The molecule has 18 heavy (non-hydrogen) atoms. The van der Waals surface area contributed by atoms with Gasteiger partial charge >= 0.3 is 0 Å². The molecule has 0 unspecified atom stereocenters. The average Bonchev–Trinajstić information content (AvgIpc) is 2.82. The number of thiophene rings is 1. The van der Waals surface area contributed by atoms with Crippen LogP contribution in [-0.2, 0) is 14.3 Å². The summed E-state index contributed by atoms with van der Waals surface area (Å²) in [5, 5.41) is 5.84. The van der Waals surface area contributed by atoms with E-state index >= 15 is 0 Å². The molecule has 2 heterocycles. The van der Waals surface area contributed by atoms with Crippen LogP contribution in [0.15, 0.2) is 22.6 Å². The summed E-state index contributed by atoms with van der Waals surface area (Å²) in [6.45, 7) is 3.03. The highest BCUT2D eigenvalue weighted by Crippen LogP contribution is 2.21. The van der Waals surface area contributed by atoms with Crippen molar-refractivity contribution in [3.05, 3.63) is 22.4 Å². The van der Waals surface area contributed by atoms with Crippen molar-refractivity contribution in [2.45, 2.75) is 25.6 Å². The van der Waals surface area contributed by atoms with Gasteiger partial charge in [-0.2, -0.15) is 5.10 Å². The zero-order valence-corrected chi connectivity index (χ0v) is 11.0. The monoisotopic (exact) mass is 268 g/mol. The van der Waals surface area contributed by atoms with Gasteiger partial charge in [-0.3, -0.25) is 4.79 Å². The van der Waals surface area contributed by atoms with Crippen LogP contribution in [0.2, 0.25) is 0 Å². The minimum Gasteiger partial charge on any atom is -0.350 e. The van der Waals surface area contributed by atoms with Crippen LogP contribution < -0.4 is 5.43 Å². The van der Waals surface area contributed by atoms with E-state index in [1.807, 2.05) is 17.5 Å². The second kappa shape index (κ2) is 6.08. The Kier molecular flexibility index (Phi) is 4.46. The normalized spacial score (nSPS) is 18.9. The number of amides is 1. The van der Waals surface area contributed by atoms with Crippen LogP contribution in [0.1, 0.15) is 24.6 Å². The van der Waals surface area contributed by atoms with Gasteiger partial charge in [0.2, 0.25) is 5.91 Å². The minimum atomic E-state index is -0.819. The van der Waals surface area contributed by atoms with E-state index < -0.39 is 5.79 Å². The Labute approximate surface area is 110 Å². The molecule has 0 spiro atoms. The molecule has 0 saturated carbocycles. The largest absolute Gasteiger partial charge is 0.350 e. The van der Waals surface area contributed by atoms with E-state index in [0.29, 0.717) is 13.2 Å². The zero-order chi connectivity index (χ0) is 12.8. The van der Waals surface area contributed by atoms with Gasteiger partial charge in [0.05, 0.1) is 25.8 Å². The molecule has 6 heteroatoms. The molecule has 1 aromatic rings. The van der Waals surface area contributed by atoms with Gasteiger partial charge in [-0.1, -0.05) is 6.07 Å². The van der Waals surface area contributed by atoms with E-state index in [4.69, 9.17) is 9.47 Å². The van der Waals surface area contributed by atoms with Gasteiger partial charge in [0.25, 0.3) is 0 Å². The first kappa shape index (κ1) is 13.2. The molecule has 0 bridgehead atoms. The lowest BCUT2D eigenvalue weighted by atomic mass is 10.2. The van der Waals surface area contributed by atoms with Gasteiger partial charge in [0.15, 0.2) is 5.79 Å². The van der Waals surface area contributed by atoms with Gasteiger partial charge in [-0.15, -0.1) is 11.3 Å². The van der Waals surface area contributed by atoms with Crippen molar-refractivity contribution >= 4 is 23.5 Å². The number of hydrogen-bond donors (Lipinski definition) is 1. The van der Waals surface area contributed by atoms with E-state index in [1.165, 1.54) is 0 Å². The third-order valence-electron chi connectivity index (χ3n) is 2.51. The molecule has 1 amide bonds. The van der Waals surface area contributed by atoms with Crippen LogP contribution in [0.4, 0.5) is 0 Å². The van der Waals surface area contributed by atoms with Gasteiger partial charge in [0.1, 0.15) is 0 Å². The molecule has 5 nitrogen and oxygen atoms in total. The Morgan fingerprint density at radius 1 is 1.61 bits per heavy atom. The number of carbonyl (C=O) groups excluding carboxylic acids is 1. The summed E-state index contributed by atoms with van der Waals surface area (Å²) in [4.78, 5) is 12.7. The van der Waals surface area contributed by atoms with Gasteiger partial charge in [-0.25, -0.2) is 5.43 Å². The molecular weight excluding hydrogens is 252 g/mol. The second-order valence-corrected chi connectivity index (χ2v) is 5.15. The molecule has 2 rings (SSSR count). The lowest BCUT2D eigenvalue weighted by Gasteiger charge is -2.33. The number of rotatable bonds is 4. The highest BCUT2D eigenvalue weighted by molar-refractivity contribution is 7.11. The van der Waals surface area contributed by atoms with Crippen molar-refractivity contribution in [1.29, 1.82) is 0 Å². The third-order valence-corrected chi connectivity index (χ3v) is 3.32. The third kappa shape index (κ3) is 3.90. The smallest absolute Gasteiger partial charge is 0.245 e. The first-order valence-electron chi connectivity index (χ1n) is 5.81. The van der Waals surface area contributed by atoms with Crippen molar-refractivity contribution in [2.75, 3.05) is 13.2 Å². The fourth-order valence-electron chi connectivity index (χ4n) is 1.64. The SMILES string of the molecule is CC1(CC(=O)NN=Cc2cccs2)OCCCO1. The Morgan fingerprint density at radius 2 is 2.39 bits per heavy atom. The average molecular weight is 268 g/mol. The van der Waals surface area contributed by atoms with Gasteiger partial charge < -0.3 is 9.47 Å². The van der Waals surface area contributed by atoms with Crippen molar-refractivity contribution in [2.24, 2.45) is 5.10 Å².